The van der Waals surface area contributed by atoms with Crippen LogP contribution in [0.15, 0.2) is 0 Å². The zero-order valence-electron chi connectivity index (χ0n) is 16.4. The maximum Gasteiger partial charge on any atom is 0.222 e. The van der Waals surface area contributed by atoms with Crippen LogP contribution in [0.3, 0.4) is 0 Å². The molecule has 0 bridgehead atoms. The Morgan fingerprint density at radius 2 is 1.72 bits per heavy atom. The van der Waals surface area contributed by atoms with Gasteiger partial charge in [-0.05, 0) is 71.9 Å². The monoisotopic (exact) mass is 342 g/mol. The van der Waals surface area contributed by atoms with Crippen molar-refractivity contribution < 1.29 is 4.79 Å². The normalized spacial score (nSPS) is 15.4. The van der Waals surface area contributed by atoms with Gasteiger partial charge in [0.05, 0.1) is 11.2 Å². The lowest BCUT2D eigenvalue weighted by atomic mass is 9.99. The van der Waals surface area contributed by atoms with Crippen molar-refractivity contribution in [2.24, 2.45) is 0 Å². The molecule has 1 saturated heterocycles. The molecule has 0 atom stereocenters. The van der Waals surface area contributed by atoms with E-state index in [1.165, 1.54) is 11.1 Å². The first kappa shape index (κ1) is 17.9. The third-order valence-electron chi connectivity index (χ3n) is 5.26. The second-order valence-electron chi connectivity index (χ2n) is 8.26. The number of hydrogen-bond donors (Lipinski definition) is 0. The lowest BCUT2D eigenvalue weighted by molar-refractivity contribution is -0.130. The number of fused-ring (bicyclic) bond motifs is 1. The molecule has 0 aliphatic carbocycles. The van der Waals surface area contributed by atoms with E-state index in [4.69, 9.17) is 10.1 Å². The molecule has 3 heterocycles. The second kappa shape index (κ2) is 6.43. The molecule has 5 heteroatoms. The van der Waals surface area contributed by atoms with Crippen molar-refractivity contribution in [1.29, 1.82) is 0 Å². The highest BCUT2D eigenvalue weighted by Crippen LogP contribution is 2.29. The molecule has 25 heavy (non-hydrogen) atoms. The molecule has 0 radical (unpaired) electrons. The summed E-state index contributed by atoms with van der Waals surface area (Å²) in [5, 5.41) is 5.88. The number of carbonyl (C=O) groups is 1. The molecular formula is C20H30N4O. The van der Waals surface area contributed by atoms with Gasteiger partial charge in [-0.3, -0.25) is 4.79 Å². The van der Waals surface area contributed by atoms with Crippen LogP contribution in [-0.2, 0) is 16.8 Å². The van der Waals surface area contributed by atoms with Crippen LogP contribution in [0.4, 0.5) is 0 Å². The molecule has 0 N–H and O–H groups in total. The van der Waals surface area contributed by atoms with Gasteiger partial charge in [0.25, 0.3) is 0 Å². The van der Waals surface area contributed by atoms with E-state index in [9.17, 15) is 4.79 Å². The number of carbonyl (C=O) groups excluding carboxylic acids is 1. The Labute approximate surface area is 150 Å². The molecule has 5 nitrogen and oxygen atoms in total. The SMILES string of the molecule is Cc1nc2c(c(C)nn2C(C)(C)C)c(C)c1CCC(=O)N1CCCC1. The van der Waals surface area contributed by atoms with Crippen LogP contribution in [0.2, 0.25) is 0 Å². The highest BCUT2D eigenvalue weighted by Gasteiger charge is 2.24. The third-order valence-corrected chi connectivity index (χ3v) is 5.26. The fourth-order valence-electron chi connectivity index (χ4n) is 3.90. The quantitative estimate of drug-likeness (QED) is 0.855. The second-order valence-corrected chi connectivity index (χ2v) is 8.26. The van der Waals surface area contributed by atoms with Crippen LogP contribution in [0.25, 0.3) is 11.0 Å². The smallest absolute Gasteiger partial charge is 0.222 e. The maximum absolute atomic E-state index is 12.4. The zero-order chi connectivity index (χ0) is 18.4. The van der Waals surface area contributed by atoms with E-state index in [-0.39, 0.29) is 11.4 Å². The lowest BCUT2D eigenvalue weighted by Gasteiger charge is -2.21. The summed E-state index contributed by atoms with van der Waals surface area (Å²) in [7, 11) is 0. The minimum Gasteiger partial charge on any atom is -0.343 e. The van der Waals surface area contributed by atoms with Gasteiger partial charge >= 0.3 is 0 Å². The summed E-state index contributed by atoms with van der Waals surface area (Å²) >= 11 is 0. The molecule has 1 fully saturated rings. The average Bonchev–Trinajstić information content (AvgIpc) is 3.14. The highest BCUT2D eigenvalue weighted by atomic mass is 16.2. The first-order chi connectivity index (χ1) is 11.7. The first-order valence-corrected chi connectivity index (χ1v) is 9.34. The van der Waals surface area contributed by atoms with Crippen LogP contribution in [0.5, 0.6) is 0 Å². The van der Waals surface area contributed by atoms with E-state index in [0.717, 1.165) is 54.8 Å². The number of likely N-dealkylation sites (tertiary alicyclic amines) is 1. The van der Waals surface area contributed by atoms with Crippen molar-refractivity contribution in [1.82, 2.24) is 19.7 Å². The van der Waals surface area contributed by atoms with Crippen LogP contribution in [-0.4, -0.2) is 38.7 Å². The zero-order valence-corrected chi connectivity index (χ0v) is 16.4. The molecule has 0 saturated carbocycles. The Bertz CT molecular complexity index is 807. The molecule has 3 rings (SSSR count). The summed E-state index contributed by atoms with van der Waals surface area (Å²) in [6.45, 7) is 14.5. The average molecular weight is 342 g/mol. The van der Waals surface area contributed by atoms with E-state index >= 15 is 0 Å². The Morgan fingerprint density at radius 3 is 2.32 bits per heavy atom. The number of amides is 1. The summed E-state index contributed by atoms with van der Waals surface area (Å²) in [5.41, 5.74) is 5.31. The predicted octanol–water partition coefficient (Wildman–Crippen LogP) is 3.67. The van der Waals surface area contributed by atoms with Crippen LogP contribution in [0.1, 0.15) is 62.5 Å². The molecule has 1 amide bonds. The molecular weight excluding hydrogens is 312 g/mol. The van der Waals surface area contributed by atoms with Crippen LogP contribution < -0.4 is 0 Å². The Morgan fingerprint density at radius 1 is 1.08 bits per heavy atom. The minimum absolute atomic E-state index is 0.106. The summed E-state index contributed by atoms with van der Waals surface area (Å²) in [6, 6.07) is 0. The molecule has 2 aromatic rings. The third kappa shape index (κ3) is 3.29. The number of nitrogens with zero attached hydrogens (tertiary/aromatic N) is 4. The summed E-state index contributed by atoms with van der Waals surface area (Å²) in [5.74, 6) is 0.276. The van der Waals surface area contributed by atoms with Crippen molar-refractivity contribution in [3.05, 3.63) is 22.5 Å². The van der Waals surface area contributed by atoms with Gasteiger partial charge in [0.1, 0.15) is 0 Å². The number of aryl methyl sites for hydroxylation is 3. The summed E-state index contributed by atoms with van der Waals surface area (Å²) in [4.78, 5) is 19.3. The Kier molecular flexibility index (Phi) is 4.60. The maximum atomic E-state index is 12.4. The van der Waals surface area contributed by atoms with E-state index in [2.05, 4.69) is 34.6 Å². The van der Waals surface area contributed by atoms with E-state index in [1.807, 2.05) is 16.5 Å². The van der Waals surface area contributed by atoms with E-state index in [0.29, 0.717) is 6.42 Å². The highest BCUT2D eigenvalue weighted by molar-refractivity contribution is 5.84. The fraction of sp³-hybridized carbons (Fsp3) is 0.650. The minimum atomic E-state index is -0.106. The number of pyridine rings is 1. The summed E-state index contributed by atoms with van der Waals surface area (Å²) < 4.78 is 2.02. The Hall–Kier alpha value is -1.91. The first-order valence-electron chi connectivity index (χ1n) is 9.34. The molecule has 2 aromatic heterocycles. The topological polar surface area (TPSA) is 51.0 Å². The largest absolute Gasteiger partial charge is 0.343 e. The van der Waals surface area contributed by atoms with Crippen molar-refractivity contribution >= 4 is 16.9 Å². The standard InChI is InChI=1S/C20H30N4O/c1-13-16(9-10-17(25)23-11-7-8-12-23)14(2)21-19-18(13)15(3)22-24(19)20(4,5)6/h7-12H2,1-6H3. The molecule has 0 aromatic carbocycles. The molecule has 0 spiro atoms. The van der Waals surface area contributed by atoms with Gasteiger partial charge in [0.15, 0.2) is 5.65 Å². The van der Waals surface area contributed by atoms with Gasteiger partial charge in [-0.1, -0.05) is 0 Å². The fourth-order valence-corrected chi connectivity index (χ4v) is 3.90. The molecule has 1 aliphatic rings. The lowest BCUT2D eigenvalue weighted by Crippen LogP contribution is -2.27. The Balaban J connectivity index is 1.94. The van der Waals surface area contributed by atoms with E-state index < -0.39 is 0 Å². The van der Waals surface area contributed by atoms with Gasteiger partial charge in [0.2, 0.25) is 5.91 Å². The van der Waals surface area contributed by atoms with Gasteiger partial charge < -0.3 is 4.90 Å². The van der Waals surface area contributed by atoms with Gasteiger partial charge in [-0.25, -0.2) is 9.67 Å². The van der Waals surface area contributed by atoms with Gasteiger partial charge in [-0.15, -0.1) is 0 Å². The van der Waals surface area contributed by atoms with Crippen LogP contribution in [0, 0.1) is 20.8 Å². The predicted molar refractivity (Wildman–Crippen MR) is 101 cm³/mol. The summed E-state index contributed by atoms with van der Waals surface area (Å²) in [6.07, 6.45) is 3.61. The number of hydrogen-bond acceptors (Lipinski definition) is 3. The molecule has 136 valence electrons. The number of rotatable bonds is 3. The van der Waals surface area contributed by atoms with Gasteiger partial charge in [-0.2, -0.15) is 5.10 Å². The van der Waals surface area contributed by atoms with Gasteiger partial charge in [0, 0.05) is 30.6 Å². The van der Waals surface area contributed by atoms with Crippen molar-refractivity contribution in [2.75, 3.05) is 13.1 Å². The van der Waals surface area contributed by atoms with Crippen molar-refractivity contribution in [3.63, 3.8) is 0 Å². The van der Waals surface area contributed by atoms with Crippen molar-refractivity contribution in [2.45, 2.75) is 72.8 Å². The van der Waals surface area contributed by atoms with E-state index in [1.54, 1.807) is 0 Å². The molecule has 1 aliphatic heterocycles. The van der Waals surface area contributed by atoms with Crippen LogP contribution >= 0.6 is 0 Å². The number of aromatic nitrogens is 3. The molecule has 0 unspecified atom stereocenters. The van der Waals surface area contributed by atoms with Crippen molar-refractivity contribution in [3.8, 4) is 0 Å².